The summed E-state index contributed by atoms with van der Waals surface area (Å²) in [5.41, 5.74) is 11.2. The van der Waals surface area contributed by atoms with E-state index in [1.165, 1.54) is 36.1 Å². The third-order valence-corrected chi connectivity index (χ3v) is 4.36. The van der Waals surface area contributed by atoms with Gasteiger partial charge in [0.2, 0.25) is 0 Å². The van der Waals surface area contributed by atoms with Gasteiger partial charge in [0, 0.05) is 12.6 Å². The number of hydrogen-bond acceptors (Lipinski definition) is 4. The van der Waals surface area contributed by atoms with E-state index < -0.39 is 0 Å². The lowest BCUT2D eigenvalue weighted by Crippen LogP contribution is -2.27. The van der Waals surface area contributed by atoms with E-state index in [2.05, 4.69) is 28.9 Å². The molecule has 1 aliphatic rings. The first-order valence-electron chi connectivity index (χ1n) is 6.69. The second-order valence-electron chi connectivity index (χ2n) is 4.98. The Labute approximate surface area is 112 Å². The second-order valence-corrected chi connectivity index (χ2v) is 5.86. The van der Waals surface area contributed by atoms with E-state index in [0.29, 0.717) is 6.04 Å². The first-order chi connectivity index (χ1) is 8.81. The van der Waals surface area contributed by atoms with Crippen LogP contribution in [0.4, 0.5) is 11.4 Å². The molecule has 2 N–H and O–H groups in total. The standard InChI is InChI=1S/C14H19N3S/c1-2-3-8-17(10-4-5-10)11-6-7-12-14(13(11)15)16-9-18-12/h6-7,9-10H,2-5,8,15H2,1H3. The van der Waals surface area contributed by atoms with Crippen molar-refractivity contribution in [1.29, 1.82) is 0 Å². The molecule has 2 aromatic rings. The van der Waals surface area contributed by atoms with Crippen LogP contribution in [0.25, 0.3) is 10.2 Å². The molecule has 1 saturated carbocycles. The van der Waals surface area contributed by atoms with Gasteiger partial charge < -0.3 is 10.6 Å². The van der Waals surface area contributed by atoms with Crippen molar-refractivity contribution >= 4 is 32.9 Å². The summed E-state index contributed by atoms with van der Waals surface area (Å²) in [4.78, 5) is 6.87. The van der Waals surface area contributed by atoms with Crippen molar-refractivity contribution in [2.45, 2.75) is 38.6 Å². The van der Waals surface area contributed by atoms with Gasteiger partial charge in [-0.15, -0.1) is 11.3 Å². The van der Waals surface area contributed by atoms with Crippen molar-refractivity contribution in [2.75, 3.05) is 17.2 Å². The Morgan fingerprint density at radius 3 is 3.00 bits per heavy atom. The molecule has 1 fully saturated rings. The fourth-order valence-corrected chi connectivity index (χ4v) is 3.10. The molecular weight excluding hydrogens is 242 g/mol. The predicted octanol–water partition coefficient (Wildman–Crippen LogP) is 3.65. The fourth-order valence-electron chi connectivity index (χ4n) is 2.41. The summed E-state index contributed by atoms with van der Waals surface area (Å²) >= 11 is 1.65. The lowest BCUT2D eigenvalue weighted by atomic mass is 10.2. The van der Waals surface area contributed by atoms with E-state index in [1.807, 2.05) is 5.51 Å². The number of nitrogen functional groups attached to an aromatic ring is 1. The quantitative estimate of drug-likeness (QED) is 0.835. The van der Waals surface area contributed by atoms with Gasteiger partial charge in [0.15, 0.2) is 0 Å². The van der Waals surface area contributed by atoms with Gasteiger partial charge in [-0.1, -0.05) is 13.3 Å². The molecule has 1 aliphatic carbocycles. The highest BCUT2D eigenvalue weighted by molar-refractivity contribution is 7.16. The normalized spacial score (nSPS) is 15.2. The molecule has 0 bridgehead atoms. The lowest BCUT2D eigenvalue weighted by molar-refractivity contribution is 0.714. The molecule has 0 radical (unpaired) electrons. The Morgan fingerprint density at radius 1 is 1.44 bits per heavy atom. The van der Waals surface area contributed by atoms with Gasteiger partial charge in [0.05, 0.1) is 21.6 Å². The molecule has 3 rings (SSSR count). The van der Waals surface area contributed by atoms with Gasteiger partial charge >= 0.3 is 0 Å². The third-order valence-electron chi connectivity index (χ3n) is 3.57. The molecular formula is C14H19N3S. The number of fused-ring (bicyclic) bond motifs is 1. The van der Waals surface area contributed by atoms with E-state index in [4.69, 9.17) is 5.73 Å². The number of aromatic nitrogens is 1. The molecule has 0 aliphatic heterocycles. The molecule has 0 atom stereocenters. The molecule has 1 heterocycles. The van der Waals surface area contributed by atoms with Crippen molar-refractivity contribution in [3.63, 3.8) is 0 Å². The molecule has 0 amide bonds. The fraction of sp³-hybridized carbons (Fsp3) is 0.500. The molecule has 0 spiro atoms. The molecule has 96 valence electrons. The number of anilines is 2. The Morgan fingerprint density at radius 2 is 2.28 bits per heavy atom. The van der Waals surface area contributed by atoms with Crippen LogP contribution in [0.3, 0.4) is 0 Å². The third kappa shape index (κ3) is 2.05. The highest BCUT2D eigenvalue weighted by atomic mass is 32.1. The number of nitrogens with two attached hydrogens (primary N) is 1. The van der Waals surface area contributed by atoms with Gasteiger partial charge in [-0.05, 0) is 31.4 Å². The Kier molecular flexibility index (Phi) is 3.12. The van der Waals surface area contributed by atoms with Crippen molar-refractivity contribution < 1.29 is 0 Å². The number of unbranched alkanes of at least 4 members (excludes halogenated alkanes) is 1. The first kappa shape index (κ1) is 11.8. The summed E-state index contributed by atoms with van der Waals surface area (Å²) in [5, 5.41) is 0. The van der Waals surface area contributed by atoms with Crippen molar-refractivity contribution in [3.05, 3.63) is 17.6 Å². The smallest absolute Gasteiger partial charge is 0.106 e. The largest absolute Gasteiger partial charge is 0.395 e. The van der Waals surface area contributed by atoms with Crippen molar-refractivity contribution in [2.24, 2.45) is 0 Å². The Hall–Kier alpha value is -1.29. The minimum Gasteiger partial charge on any atom is -0.395 e. The molecule has 0 unspecified atom stereocenters. The maximum atomic E-state index is 6.30. The first-order valence-corrected chi connectivity index (χ1v) is 7.57. The average Bonchev–Trinajstić information content (AvgIpc) is 3.09. The number of thiazole rings is 1. The highest BCUT2D eigenvalue weighted by Crippen LogP contribution is 2.38. The van der Waals surface area contributed by atoms with Crippen LogP contribution in [0, 0.1) is 0 Å². The summed E-state index contributed by atoms with van der Waals surface area (Å²) < 4.78 is 1.18. The molecule has 1 aromatic carbocycles. The second kappa shape index (κ2) is 4.76. The van der Waals surface area contributed by atoms with Crippen LogP contribution in [0.15, 0.2) is 17.6 Å². The van der Waals surface area contributed by atoms with E-state index in [1.54, 1.807) is 11.3 Å². The SMILES string of the molecule is CCCCN(c1ccc2scnc2c1N)C1CC1. The van der Waals surface area contributed by atoms with E-state index >= 15 is 0 Å². The summed E-state index contributed by atoms with van der Waals surface area (Å²) in [7, 11) is 0. The topological polar surface area (TPSA) is 42.2 Å². The molecule has 3 nitrogen and oxygen atoms in total. The van der Waals surface area contributed by atoms with Crippen LogP contribution < -0.4 is 10.6 Å². The van der Waals surface area contributed by atoms with Crippen LogP contribution in [-0.2, 0) is 0 Å². The monoisotopic (exact) mass is 261 g/mol. The Balaban J connectivity index is 1.97. The van der Waals surface area contributed by atoms with Gasteiger partial charge in [0.1, 0.15) is 5.52 Å². The maximum Gasteiger partial charge on any atom is 0.106 e. The highest BCUT2D eigenvalue weighted by Gasteiger charge is 2.30. The maximum absolute atomic E-state index is 6.30. The van der Waals surface area contributed by atoms with E-state index in [9.17, 15) is 0 Å². The number of benzene rings is 1. The zero-order valence-corrected chi connectivity index (χ0v) is 11.5. The van der Waals surface area contributed by atoms with E-state index in [0.717, 1.165) is 17.7 Å². The van der Waals surface area contributed by atoms with Gasteiger partial charge in [-0.2, -0.15) is 0 Å². The molecule has 1 aromatic heterocycles. The van der Waals surface area contributed by atoms with Crippen LogP contribution >= 0.6 is 11.3 Å². The average molecular weight is 261 g/mol. The summed E-state index contributed by atoms with van der Waals surface area (Å²) in [5.74, 6) is 0. The number of hydrogen-bond donors (Lipinski definition) is 1. The number of rotatable bonds is 5. The van der Waals surface area contributed by atoms with Gasteiger partial charge in [0.25, 0.3) is 0 Å². The molecule has 0 saturated heterocycles. The van der Waals surface area contributed by atoms with Gasteiger partial charge in [-0.3, -0.25) is 0 Å². The van der Waals surface area contributed by atoms with Crippen LogP contribution in [-0.4, -0.2) is 17.6 Å². The van der Waals surface area contributed by atoms with Crippen LogP contribution in [0.1, 0.15) is 32.6 Å². The summed E-state index contributed by atoms with van der Waals surface area (Å²) in [6.07, 6.45) is 5.06. The summed E-state index contributed by atoms with van der Waals surface area (Å²) in [6, 6.07) is 5.03. The minimum absolute atomic E-state index is 0.704. The number of nitrogens with zero attached hydrogens (tertiary/aromatic N) is 2. The zero-order chi connectivity index (χ0) is 12.5. The van der Waals surface area contributed by atoms with Crippen LogP contribution in [0.5, 0.6) is 0 Å². The van der Waals surface area contributed by atoms with Crippen LogP contribution in [0.2, 0.25) is 0 Å². The van der Waals surface area contributed by atoms with E-state index in [-0.39, 0.29) is 0 Å². The zero-order valence-electron chi connectivity index (χ0n) is 10.7. The minimum atomic E-state index is 0.704. The van der Waals surface area contributed by atoms with Crippen molar-refractivity contribution in [3.8, 4) is 0 Å². The predicted molar refractivity (Wildman–Crippen MR) is 79.3 cm³/mol. The lowest BCUT2D eigenvalue weighted by Gasteiger charge is -2.26. The molecule has 4 heteroatoms. The molecule has 18 heavy (non-hydrogen) atoms. The van der Waals surface area contributed by atoms with Gasteiger partial charge in [-0.25, -0.2) is 4.98 Å². The Bertz CT molecular complexity index is 545. The summed E-state index contributed by atoms with van der Waals surface area (Å²) in [6.45, 7) is 3.35. The van der Waals surface area contributed by atoms with Crippen molar-refractivity contribution in [1.82, 2.24) is 4.98 Å².